The minimum absolute atomic E-state index is 0.0266. The summed E-state index contributed by atoms with van der Waals surface area (Å²) in [4.78, 5) is 32.6. The maximum absolute atomic E-state index is 13.0. The predicted molar refractivity (Wildman–Crippen MR) is 120 cm³/mol. The number of hydrogen-bond donors (Lipinski definition) is 1. The summed E-state index contributed by atoms with van der Waals surface area (Å²) in [6.45, 7) is 1.68. The average Bonchev–Trinajstić information content (AvgIpc) is 3.18. The van der Waals surface area contributed by atoms with E-state index in [1.54, 1.807) is 19.3 Å². The van der Waals surface area contributed by atoms with Gasteiger partial charge in [-0.3, -0.25) is 9.78 Å². The Kier molecular flexibility index (Phi) is 5.63. The van der Waals surface area contributed by atoms with Crippen LogP contribution in [-0.2, 0) is 6.18 Å². The van der Waals surface area contributed by atoms with Crippen molar-refractivity contribution in [3.05, 3.63) is 74.1 Å². The van der Waals surface area contributed by atoms with Crippen LogP contribution in [0.3, 0.4) is 0 Å². The van der Waals surface area contributed by atoms with Crippen molar-refractivity contribution in [3.8, 4) is 6.07 Å². The van der Waals surface area contributed by atoms with Crippen LogP contribution < -0.4 is 5.56 Å². The number of fused-ring (bicyclic) bond motifs is 1. The van der Waals surface area contributed by atoms with Gasteiger partial charge in [-0.1, -0.05) is 6.07 Å². The maximum atomic E-state index is 13.0. The summed E-state index contributed by atoms with van der Waals surface area (Å²) in [6, 6.07) is 3.44. The van der Waals surface area contributed by atoms with E-state index in [0.717, 1.165) is 29.6 Å². The van der Waals surface area contributed by atoms with E-state index in [1.807, 2.05) is 6.07 Å². The van der Waals surface area contributed by atoms with Gasteiger partial charge in [0.05, 0.1) is 10.5 Å². The van der Waals surface area contributed by atoms with Crippen molar-refractivity contribution in [2.24, 2.45) is 0 Å². The van der Waals surface area contributed by atoms with Crippen LogP contribution in [0.1, 0.15) is 66.2 Å². The van der Waals surface area contributed by atoms with Gasteiger partial charge >= 0.3 is 6.18 Å². The second-order valence-electron chi connectivity index (χ2n) is 8.26. The molecule has 0 aliphatic heterocycles. The second-order valence-corrected chi connectivity index (χ2v) is 9.17. The number of nitrogens with zero attached hydrogens (tertiary/aromatic N) is 7. The topological polar surface area (TPSA) is 126 Å². The molecule has 0 amide bonds. The zero-order valence-electron chi connectivity index (χ0n) is 18.1. The van der Waals surface area contributed by atoms with Gasteiger partial charge in [0.2, 0.25) is 0 Å². The number of rotatable bonds is 4. The zero-order valence-corrected chi connectivity index (χ0v) is 19.7. The molecule has 3 atom stereocenters. The van der Waals surface area contributed by atoms with Crippen molar-refractivity contribution >= 4 is 27.0 Å². The van der Waals surface area contributed by atoms with Crippen LogP contribution in [0.5, 0.6) is 0 Å². The van der Waals surface area contributed by atoms with Gasteiger partial charge in [0.25, 0.3) is 5.56 Å². The third-order valence-corrected chi connectivity index (χ3v) is 6.62. The first-order valence-corrected chi connectivity index (χ1v) is 11.4. The van der Waals surface area contributed by atoms with E-state index in [0.29, 0.717) is 17.2 Å². The molecule has 13 heteroatoms. The smallest absolute Gasteiger partial charge is 0.310 e. The summed E-state index contributed by atoms with van der Waals surface area (Å²) in [5, 5.41) is 13.8. The molecule has 1 fully saturated rings. The molecule has 2 unspecified atom stereocenters. The quantitative estimate of drug-likeness (QED) is 0.407. The number of halogens is 4. The first kappa shape index (κ1) is 23.1. The van der Waals surface area contributed by atoms with Crippen molar-refractivity contribution in [1.82, 2.24) is 34.7 Å². The molecule has 0 bridgehead atoms. The Labute approximate surface area is 204 Å². The summed E-state index contributed by atoms with van der Waals surface area (Å²) < 4.78 is 40.8. The number of aromatic amines is 1. The molecule has 1 aliphatic carbocycles. The fraction of sp³-hybridized carbons (Fsp3) is 0.318. The van der Waals surface area contributed by atoms with E-state index in [-0.39, 0.29) is 28.6 Å². The summed E-state index contributed by atoms with van der Waals surface area (Å²) in [5.41, 5.74) is -1.05. The fourth-order valence-electron chi connectivity index (χ4n) is 4.20. The fourth-order valence-corrected chi connectivity index (χ4v) is 4.40. The van der Waals surface area contributed by atoms with Crippen LogP contribution in [0.2, 0.25) is 0 Å². The Balaban J connectivity index is 1.56. The monoisotopic (exact) mass is 544 g/mol. The van der Waals surface area contributed by atoms with Crippen molar-refractivity contribution in [2.75, 3.05) is 0 Å². The van der Waals surface area contributed by atoms with Crippen molar-refractivity contribution < 1.29 is 13.2 Å². The lowest BCUT2D eigenvalue weighted by Crippen LogP contribution is -2.28. The Morgan fingerprint density at radius 1 is 1.17 bits per heavy atom. The van der Waals surface area contributed by atoms with Gasteiger partial charge in [0.15, 0.2) is 11.3 Å². The minimum Gasteiger partial charge on any atom is -0.310 e. The number of H-pyrrole nitrogens is 1. The van der Waals surface area contributed by atoms with Crippen molar-refractivity contribution in [3.63, 3.8) is 0 Å². The van der Waals surface area contributed by atoms with E-state index in [9.17, 15) is 23.2 Å². The first-order valence-electron chi connectivity index (χ1n) is 10.6. The number of hydrogen-bond acceptors (Lipinski definition) is 7. The van der Waals surface area contributed by atoms with Crippen LogP contribution >= 0.6 is 15.9 Å². The van der Waals surface area contributed by atoms with Gasteiger partial charge in [0, 0.05) is 30.4 Å². The number of nitrogens with one attached hydrogen (secondary N) is 1. The molecule has 9 nitrogen and oxygen atoms in total. The van der Waals surface area contributed by atoms with Gasteiger partial charge in [-0.15, -0.1) is 0 Å². The molecule has 0 aromatic carbocycles. The summed E-state index contributed by atoms with van der Waals surface area (Å²) in [7, 11) is 0. The summed E-state index contributed by atoms with van der Waals surface area (Å²) in [5.74, 6) is 0.897. The largest absolute Gasteiger partial charge is 0.433 e. The number of alkyl halides is 3. The van der Waals surface area contributed by atoms with E-state index in [1.165, 1.54) is 10.7 Å². The average molecular weight is 545 g/mol. The molecule has 1 aliphatic rings. The number of nitriles is 1. The highest BCUT2D eigenvalue weighted by molar-refractivity contribution is 9.10. The Morgan fingerprint density at radius 2 is 1.89 bits per heavy atom. The van der Waals surface area contributed by atoms with Crippen molar-refractivity contribution in [2.45, 2.75) is 43.8 Å². The van der Waals surface area contributed by atoms with Crippen LogP contribution in [0.25, 0.3) is 11.0 Å². The van der Waals surface area contributed by atoms with Gasteiger partial charge in [-0.2, -0.15) is 23.5 Å². The molecule has 4 heterocycles. The molecule has 1 N–H and O–H groups in total. The lowest BCUT2D eigenvalue weighted by molar-refractivity contribution is -0.141. The van der Waals surface area contributed by atoms with E-state index in [4.69, 9.17) is 0 Å². The molecule has 4 aromatic heterocycles. The molecule has 1 saturated carbocycles. The summed E-state index contributed by atoms with van der Waals surface area (Å²) >= 11 is 3.31. The first-order chi connectivity index (χ1) is 16.7. The SMILES string of the molecule is C[C@@H](c1ccc(C(F)(F)F)nc1)n1nc(C#N)c2c(=O)[nH]c(C3CCC3c3ncc(Br)cn3)nc21. The van der Waals surface area contributed by atoms with Crippen LogP contribution in [0, 0.1) is 11.3 Å². The van der Waals surface area contributed by atoms with Gasteiger partial charge in [0.1, 0.15) is 28.8 Å². The van der Waals surface area contributed by atoms with Gasteiger partial charge in [-0.25, -0.2) is 19.6 Å². The van der Waals surface area contributed by atoms with Crippen molar-refractivity contribution in [1.29, 1.82) is 5.26 Å². The highest BCUT2D eigenvalue weighted by Crippen LogP contribution is 2.46. The molecule has 5 rings (SSSR count). The maximum Gasteiger partial charge on any atom is 0.433 e. The second kappa shape index (κ2) is 8.53. The highest BCUT2D eigenvalue weighted by Gasteiger charge is 2.38. The molecule has 0 spiro atoms. The zero-order chi connectivity index (χ0) is 24.9. The van der Waals surface area contributed by atoms with Crippen LogP contribution in [0.15, 0.2) is 40.0 Å². The van der Waals surface area contributed by atoms with E-state index >= 15 is 0 Å². The Bertz CT molecular complexity index is 1510. The van der Waals surface area contributed by atoms with E-state index < -0.39 is 23.5 Å². The lowest BCUT2D eigenvalue weighted by Gasteiger charge is -2.34. The molecule has 0 radical (unpaired) electrons. The third-order valence-electron chi connectivity index (χ3n) is 6.21. The third kappa shape index (κ3) is 4.07. The highest BCUT2D eigenvalue weighted by atomic mass is 79.9. The lowest BCUT2D eigenvalue weighted by atomic mass is 9.72. The molecule has 4 aromatic rings. The number of pyridine rings is 1. The molecule has 178 valence electrons. The molecule has 0 saturated heterocycles. The van der Waals surface area contributed by atoms with Gasteiger partial charge < -0.3 is 4.98 Å². The minimum atomic E-state index is -4.56. The number of aromatic nitrogens is 7. The molecule has 35 heavy (non-hydrogen) atoms. The van der Waals surface area contributed by atoms with Crippen LogP contribution in [-0.4, -0.2) is 34.7 Å². The Morgan fingerprint density at radius 3 is 2.46 bits per heavy atom. The normalized spacial score (nSPS) is 18.7. The standard InChI is InChI=1S/C22H16BrF3N8O/c1-10(11-2-5-16(28-7-11)22(24,25)26)34-20-17(15(6-27)33-34)21(35)32-19(31-20)14-4-3-13(14)18-29-8-12(23)9-30-18/h2,5,7-10,13-14H,3-4H2,1H3,(H,31,32,35)/t10-,13?,14?/m0/s1. The summed E-state index contributed by atoms with van der Waals surface area (Å²) in [6.07, 6.45) is 1.44. The van der Waals surface area contributed by atoms with Crippen LogP contribution in [0.4, 0.5) is 13.2 Å². The van der Waals surface area contributed by atoms with E-state index in [2.05, 4.69) is 45.9 Å². The van der Waals surface area contributed by atoms with Gasteiger partial charge in [-0.05, 0) is 47.3 Å². The Hall–Kier alpha value is -3.66. The molecular formula is C22H16BrF3N8O. The molecular weight excluding hydrogens is 529 g/mol. The predicted octanol–water partition coefficient (Wildman–Crippen LogP) is 4.23.